The molecule has 0 heterocycles. The molecule has 1 aromatic rings. The van der Waals surface area contributed by atoms with Crippen LogP contribution in [0.3, 0.4) is 0 Å². The Morgan fingerprint density at radius 1 is 1.42 bits per heavy atom. The number of carbonyl (C=O) groups is 1. The molecule has 0 spiro atoms. The molecule has 7 heteroatoms. The average Bonchev–Trinajstić information content (AvgIpc) is 2.30. The number of esters is 1. The van der Waals surface area contributed by atoms with Gasteiger partial charge in [0, 0.05) is 5.69 Å². The average molecular weight is 277 g/mol. The minimum absolute atomic E-state index is 0.0385. The second kappa shape index (κ2) is 5.81. The van der Waals surface area contributed by atoms with Crippen LogP contribution < -0.4 is 10.5 Å². The highest BCUT2D eigenvalue weighted by Gasteiger charge is 2.35. The maximum atomic E-state index is 12.8. The Hall–Kier alpha value is -1.92. The van der Waals surface area contributed by atoms with Crippen molar-refractivity contribution in [3.05, 3.63) is 23.8 Å². The Bertz CT molecular complexity index is 460. The SMILES string of the molecule is CCOC(=O)C(C)Oc1ccc(N)cc1C(F)(F)F. The van der Waals surface area contributed by atoms with Crippen molar-refractivity contribution in [3.8, 4) is 5.75 Å². The molecule has 0 saturated heterocycles. The number of anilines is 1. The van der Waals surface area contributed by atoms with Gasteiger partial charge in [0.05, 0.1) is 12.2 Å². The lowest BCUT2D eigenvalue weighted by Gasteiger charge is -2.18. The van der Waals surface area contributed by atoms with Crippen LogP contribution in [-0.4, -0.2) is 18.7 Å². The minimum Gasteiger partial charge on any atom is -0.478 e. The zero-order chi connectivity index (χ0) is 14.6. The van der Waals surface area contributed by atoms with Gasteiger partial charge < -0.3 is 15.2 Å². The summed E-state index contributed by atoms with van der Waals surface area (Å²) in [7, 11) is 0. The first-order valence-electron chi connectivity index (χ1n) is 5.55. The Kier molecular flexibility index (Phi) is 4.63. The predicted octanol–water partition coefficient (Wildman–Crippen LogP) is 2.62. The number of nitrogens with two attached hydrogens (primary N) is 1. The van der Waals surface area contributed by atoms with E-state index in [1.165, 1.54) is 13.0 Å². The van der Waals surface area contributed by atoms with Crippen LogP contribution in [0.1, 0.15) is 19.4 Å². The van der Waals surface area contributed by atoms with Crippen LogP contribution in [0, 0.1) is 0 Å². The quantitative estimate of drug-likeness (QED) is 0.679. The number of carbonyl (C=O) groups excluding carboxylic acids is 1. The lowest BCUT2D eigenvalue weighted by atomic mass is 10.1. The molecule has 4 nitrogen and oxygen atoms in total. The van der Waals surface area contributed by atoms with E-state index in [9.17, 15) is 18.0 Å². The first kappa shape index (κ1) is 15.1. The van der Waals surface area contributed by atoms with Gasteiger partial charge in [0.1, 0.15) is 5.75 Å². The van der Waals surface area contributed by atoms with Crippen molar-refractivity contribution in [1.29, 1.82) is 0 Å². The van der Waals surface area contributed by atoms with Crippen molar-refractivity contribution in [1.82, 2.24) is 0 Å². The van der Waals surface area contributed by atoms with Crippen molar-refractivity contribution >= 4 is 11.7 Å². The molecule has 1 rings (SSSR count). The summed E-state index contributed by atoms with van der Waals surface area (Å²) >= 11 is 0. The summed E-state index contributed by atoms with van der Waals surface area (Å²) in [4.78, 5) is 11.3. The van der Waals surface area contributed by atoms with Gasteiger partial charge in [-0.25, -0.2) is 4.79 Å². The van der Waals surface area contributed by atoms with Gasteiger partial charge in [-0.15, -0.1) is 0 Å². The van der Waals surface area contributed by atoms with Crippen LogP contribution in [-0.2, 0) is 15.7 Å². The zero-order valence-corrected chi connectivity index (χ0v) is 10.5. The van der Waals surface area contributed by atoms with E-state index in [2.05, 4.69) is 4.74 Å². The molecule has 0 radical (unpaired) electrons. The normalized spacial score (nSPS) is 12.9. The molecule has 0 amide bonds. The molecular formula is C12H14F3NO3. The van der Waals surface area contributed by atoms with Gasteiger partial charge in [-0.3, -0.25) is 0 Å². The highest BCUT2D eigenvalue weighted by atomic mass is 19.4. The van der Waals surface area contributed by atoms with Crippen LogP contribution in [0.5, 0.6) is 5.75 Å². The molecule has 106 valence electrons. The Morgan fingerprint density at radius 2 is 2.05 bits per heavy atom. The van der Waals surface area contributed by atoms with Gasteiger partial charge in [0.15, 0.2) is 6.10 Å². The van der Waals surface area contributed by atoms with Gasteiger partial charge in [-0.2, -0.15) is 13.2 Å². The fraction of sp³-hybridized carbons (Fsp3) is 0.417. The van der Waals surface area contributed by atoms with Crippen LogP contribution in [0.15, 0.2) is 18.2 Å². The highest BCUT2D eigenvalue weighted by Crippen LogP contribution is 2.37. The van der Waals surface area contributed by atoms with Crippen molar-refractivity contribution in [3.63, 3.8) is 0 Å². The molecule has 0 aliphatic carbocycles. The lowest BCUT2D eigenvalue weighted by Crippen LogP contribution is -2.27. The number of hydrogen-bond acceptors (Lipinski definition) is 4. The van der Waals surface area contributed by atoms with Crippen LogP contribution in [0.4, 0.5) is 18.9 Å². The number of nitrogen functional groups attached to an aromatic ring is 1. The van der Waals surface area contributed by atoms with Crippen LogP contribution in [0.25, 0.3) is 0 Å². The summed E-state index contributed by atoms with van der Waals surface area (Å²) in [6.07, 6.45) is -5.75. The van der Waals surface area contributed by atoms with E-state index < -0.39 is 29.6 Å². The molecule has 2 N–H and O–H groups in total. The Morgan fingerprint density at radius 3 is 2.58 bits per heavy atom. The van der Waals surface area contributed by atoms with Crippen molar-refractivity contribution < 1.29 is 27.4 Å². The number of hydrogen-bond donors (Lipinski definition) is 1. The molecular weight excluding hydrogens is 263 g/mol. The smallest absolute Gasteiger partial charge is 0.420 e. The van der Waals surface area contributed by atoms with Gasteiger partial charge in [0.25, 0.3) is 0 Å². The van der Waals surface area contributed by atoms with E-state index in [1.54, 1.807) is 6.92 Å². The van der Waals surface area contributed by atoms with Crippen molar-refractivity contribution in [2.75, 3.05) is 12.3 Å². The molecule has 0 aromatic heterocycles. The summed E-state index contributed by atoms with van der Waals surface area (Å²) in [5, 5.41) is 0. The van der Waals surface area contributed by atoms with Crippen LogP contribution >= 0.6 is 0 Å². The fourth-order valence-corrected chi connectivity index (χ4v) is 1.37. The third-order valence-electron chi connectivity index (χ3n) is 2.23. The molecule has 0 aliphatic heterocycles. The zero-order valence-electron chi connectivity index (χ0n) is 10.5. The van der Waals surface area contributed by atoms with Gasteiger partial charge in [0.2, 0.25) is 0 Å². The predicted molar refractivity (Wildman–Crippen MR) is 62.6 cm³/mol. The molecule has 19 heavy (non-hydrogen) atoms. The third-order valence-corrected chi connectivity index (χ3v) is 2.23. The van der Waals surface area contributed by atoms with Crippen molar-refractivity contribution in [2.24, 2.45) is 0 Å². The van der Waals surface area contributed by atoms with Gasteiger partial charge >= 0.3 is 12.1 Å². The Labute approximate surface area is 108 Å². The summed E-state index contributed by atoms with van der Waals surface area (Å²) in [6.45, 7) is 3.03. The van der Waals surface area contributed by atoms with Crippen molar-refractivity contribution in [2.45, 2.75) is 26.1 Å². The largest absolute Gasteiger partial charge is 0.478 e. The number of benzene rings is 1. The molecule has 0 aliphatic rings. The molecule has 1 atom stereocenters. The highest BCUT2D eigenvalue weighted by molar-refractivity contribution is 5.74. The van der Waals surface area contributed by atoms with Gasteiger partial charge in [-0.1, -0.05) is 0 Å². The van der Waals surface area contributed by atoms with E-state index in [1.807, 2.05) is 0 Å². The summed E-state index contributed by atoms with van der Waals surface area (Å²) < 4.78 is 48.0. The maximum Gasteiger partial charge on any atom is 0.420 e. The standard InChI is InChI=1S/C12H14F3NO3/c1-3-18-11(17)7(2)19-10-5-4-8(16)6-9(10)12(13,14)15/h4-7H,3,16H2,1-2H3. The number of halogens is 3. The number of rotatable bonds is 4. The van der Waals surface area contributed by atoms with Gasteiger partial charge in [-0.05, 0) is 32.0 Å². The second-order valence-corrected chi connectivity index (χ2v) is 3.77. The fourth-order valence-electron chi connectivity index (χ4n) is 1.37. The van der Waals surface area contributed by atoms with Crippen LogP contribution in [0.2, 0.25) is 0 Å². The summed E-state index contributed by atoms with van der Waals surface area (Å²) in [6, 6.07) is 3.10. The molecule has 0 bridgehead atoms. The Balaban J connectivity index is 2.98. The molecule has 1 unspecified atom stereocenters. The second-order valence-electron chi connectivity index (χ2n) is 3.77. The number of alkyl halides is 3. The number of ether oxygens (including phenoxy) is 2. The van der Waals surface area contributed by atoms with E-state index in [4.69, 9.17) is 10.5 Å². The lowest BCUT2D eigenvalue weighted by molar-refractivity contribution is -0.152. The minimum atomic E-state index is -4.61. The molecule has 0 saturated carbocycles. The van der Waals surface area contributed by atoms with E-state index >= 15 is 0 Å². The van der Waals surface area contributed by atoms with E-state index in [0.29, 0.717) is 0 Å². The summed E-state index contributed by atoms with van der Waals surface area (Å²) in [5.41, 5.74) is 4.25. The first-order valence-corrected chi connectivity index (χ1v) is 5.55. The maximum absolute atomic E-state index is 12.8. The monoisotopic (exact) mass is 277 g/mol. The van der Waals surface area contributed by atoms with E-state index in [-0.39, 0.29) is 12.3 Å². The topological polar surface area (TPSA) is 61.5 Å². The van der Waals surface area contributed by atoms with E-state index in [0.717, 1.165) is 12.1 Å². The summed E-state index contributed by atoms with van der Waals surface area (Å²) in [5.74, 6) is -1.19. The molecule has 1 aromatic carbocycles. The third kappa shape index (κ3) is 4.04. The molecule has 0 fully saturated rings. The first-order chi connectivity index (χ1) is 8.75.